The van der Waals surface area contributed by atoms with Crippen molar-refractivity contribution in [3.8, 4) is 101 Å². The second-order valence-electron chi connectivity index (χ2n) is 15.1. The molecule has 0 aliphatic heterocycles. The summed E-state index contributed by atoms with van der Waals surface area (Å²) >= 11 is 0. The first-order chi connectivity index (χ1) is 29.7. The Hall–Kier alpha value is -7.94. The molecule has 10 aromatic rings. The first-order valence-corrected chi connectivity index (χ1v) is 20.4. The van der Waals surface area contributed by atoms with Gasteiger partial charge in [-0.1, -0.05) is 188 Å². The van der Waals surface area contributed by atoms with Crippen molar-refractivity contribution in [2.24, 2.45) is 0 Å². The molecule has 2 nitrogen and oxygen atoms in total. The van der Waals surface area contributed by atoms with Crippen LogP contribution in [0.2, 0.25) is 0 Å². The summed E-state index contributed by atoms with van der Waals surface area (Å²) in [6.45, 7) is 0. The van der Waals surface area contributed by atoms with Gasteiger partial charge in [0.15, 0.2) is 5.82 Å². The highest BCUT2D eigenvalue weighted by molar-refractivity contribution is 5.86. The molecule has 0 spiro atoms. The largest absolute Gasteiger partial charge is 0.228 e. The fourth-order valence-electron chi connectivity index (χ4n) is 7.96. The van der Waals surface area contributed by atoms with E-state index < -0.39 is 0 Å². The maximum atomic E-state index is 5.23. The molecule has 0 aliphatic rings. The molecule has 9 aromatic carbocycles. The molecule has 0 N–H and O–H groups in total. The number of benzene rings is 9. The van der Waals surface area contributed by atoms with Crippen molar-refractivity contribution < 1.29 is 0 Å². The Morgan fingerprint density at radius 2 is 0.400 bits per heavy atom. The monoisotopic (exact) mass is 764 g/mol. The average molecular weight is 765 g/mol. The van der Waals surface area contributed by atoms with E-state index in [-0.39, 0.29) is 0 Å². The van der Waals surface area contributed by atoms with Gasteiger partial charge in [0.25, 0.3) is 0 Å². The van der Waals surface area contributed by atoms with E-state index >= 15 is 0 Å². The number of hydrogen-bond acceptors (Lipinski definition) is 2. The van der Waals surface area contributed by atoms with Crippen LogP contribution in [-0.4, -0.2) is 9.97 Å². The third kappa shape index (κ3) is 7.83. The van der Waals surface area contributed by atoms with Gasteiger partial charge in [0, 0.05) is 16.7 Å². The molecule has 2 heteroatoms. The minimum atomic E-state index is 0.684. The van der Waals surface area contributed by atoms with Crippen molar-refractivity contribution in [3.05, 3.63) is 243 Å². The second kappa shape index (κ2) is 16.5. The summed E-state index contributed by atoms with van der Waals surface area (Å²) in [5, 5.41) is 0. The summed E-state index contributed by atoms with van der Waals surface area (Å²) in [6, 6.07) is 86.2. The molecule has 0 unspecified atom stereocenters. The Kier molecular flexibility index (Phi) is 10.0. The van der Waals surface area contributed by atoms with E-state index in [1.54, 1.807) is 0 Å². The summed E-state index contributed by atoms with van der Waals surface area (Å²) in [5.74, 6) is 0.684. The van der Waals surface area contributed by atoms with Gasteiger partial charge in [-0.05, 0) is 121 Å². The minimum Gasteiger partial charge on any atom is -0.228 e. The van der Waals surface area contributed by atoms with Crippen LogP contribution in [0, 0.1) is 0 Å². The molecule has 0 radical (unpaired) electrons. The van der Waals surface area contributed by atoms with Crippen molar-refractivity contribution >= 4 is 0 Å². The zero-order valence-corrected chi connectivity index (χ0v) is 33.0. The predicted molar refractivity (Wildman–Crippen MR) is 251 cm³/mol. The molecule has 0 amide bonds. The molecule has 0 fully saturated rings. The normalized spacial score (nSPS) is 11.0. The fourth-order valence-corrected chi connectivity index (χ4v) is 7.96. The average Bonchev–Trinajstić information content (AvgIpc) is 3.35. The van der Waals surface area contributed by atoms with E-state index in [9.17, 15) is 0 Å². The van der Waals surface area contributed by atoms with Gasteiger partial charge in [-0.25, -0.2) is 9.97 Å². The maximum Gasteiger partial charge on any atom is 0.160 e. The maximum absolute atomic E-state index is 5.23. The first kappa shape index (κ1) is 36.4. The molecule has 282 valence electrons. The number of rotatable bonds is 9. The zero-order chi connectivity index (χ0) is 40.1. The third-order valence-corrected chi connectivity index (χ3v) is 11.0. The Balaban J connectivity index is 1.12. The van der Waals surface area contributed by atoms with E-state index in [0.29, 0.717) is 5.82 Å². The van der Waals surface area contributed by atoms with Crippen LogP contribution < -0.4 is 0 Å². The molecular weight excluding hydrogens is 725 g/mol. The summed E-state index contributed by atoms with van der Waals surface area (Å²) < 4.78 is 0. The lowest BCUT2D eigenvalue weighted by molar-refractivity contribution is 1.18. The molecule has 0 saturated heterocycles. The predicted octanol–water partition coefficient (Wildman–Crippen LogP) is 15.5. The Morgan fingerprint density at radius 3 is 0.750 bits per heavy atom. The minimum absolute atomic E-state index is 0.684. The van der Waals surface area contributed by atoms with Crippen molar-refractivity contribution in [1.29, 1.82) is 0 Å². The zero-order valence-electron chi connectivity index (χ0n) is 33.0. The van der Waals surface area contributed by atoms with Gasteiger partial charge in [-0.15, -0.1) is 0 Å². The van der Waals surface area contributed by atoms with Crippen LogP contribution in [0.1, 0.15) is 0 Å². The van der Waals surface area contributed by atoms with Gasteiger partial charge >= 0.3 is 0 Å². The van der Waals surface area contributed by atoms with Gasteiger partial charge in [0.1, 0.15) is 0 Å². The summed E-state index contributed by atoms with van der Waals surface area (Å²) in [5.41, 5.74) is 18.7. The topological polar surface area (TPSA) is 25.8 Å². The highest BCUT2D eigenvalue weighted by Gasteiger charge is 2.15. The molecule has 0 bridgehead atoms. The standard InChI is InChI=1S/C58H40N2/c1-6-18-41(19-7-1)46-28-16-29-47(32-46)52-34-50(42-20-8-2-9-21-42)35-53(37-52)48-30-17-31-49(33-48)54-36-51(43-22-10-3-11-23-43)38-55(39-54)58-59-56(44-24-12-4-13-25-44)40-57(60-58)45-26-14-5-15-27-45/h1-40H. The quantitative estimate of drug-likeness (QED) is 0.146. The number of hydrogen-bond donors (Lipinski definition) is 0. The van der Waals surface area contributed by atoms with Gasteiger partial charge in [-0.2, -0.15) is 0 Å². The van der Waals surface area contributed by atoms with Crippen LogP contribution in [0.4, 0.5) is 0 Å². The lowest BCUT2D eigenvalue weighted by Crippen LogP contribution is -1.97. The van der Waals surface area contributed by atoms with Crippen LogP contribution in [0.25, 0.3) is 101 Å². The molecular formula is C58H40N2. The fraction of sp³-hybridized carbons (Fsp3) is 0. The molecule has 0 aliphatic carbocycles. The van der Waals surface area contributed by atoms with E-state index in [4.69, 9.17) is 9.97 Å². The Bertz CT molecular complexity index is 2990. The first-order valence-electron chi connectivity index (χ1n) is 20.4. The van der Waals surface area contributed by atoms with Gasteiger partial charge in [0.2, 0.25) is 0 Å². The SMILES string of the molecule is c1ccc(-c2cccc(-c3cc(-c4ccccc4)cc(-c4cccc(-c5cc(-c6ccccc6)cc(-c6nc(-c7ccccc7)cc(-c7ccccc7)n6)c5)c4)c3)c2)cc1. The van der Waals surface area contributed by atoms with E-state index in [0.717, 1.165) is 61.5 Å². The van der Waals surface area contributed by atoms with Crippen molar-refractivity contribution in [2.45, 2.75) is 0 Å². The lowest BCUT2D eigenvalue weighted by atomic mass is 9.90. The Morgan fingerprint density at radius 1 is 0.167 bits per heavy atom. The molecule has 1 aromatic heterocycles. The smallest absolute Gasteiger partial charge is 0.160 e. The van der Waals surface area contributed by atoms with Crippen LogP contribution in [0.5, 0.6) is 0 Å². The van der Waals surface area contributed by atoms with Crippen LogP contribution in [0.3, 0.4) is 0 Å². The molecule has 10 rings (SSSR count). The summed E-state index contributed by atoms with van der Waals surface area (Å²) in [6.07, 6.45) is 0. The highest BCUT2D eigenvalue weighted by atomic mass is 14.9. The number of nitrogens with zero attached hydrogens (tertiary/aromatic N) is 2. The van der Waals surface area contributed by atoms with Gasteiger partial charge < -0.3 is 0 Å². The molecule has 60 heavy (non-hydrogen) atoms. The summed E-state index contributed by atoms with van der Waals surface area (Å²) in [7, 11) is 0. The van der Waals surface area contributed by atoms with Crippen molar-refractivity contribution in [3.63, 3.8) is 0 Å². The summed E-state index contributed by atoms with van der Waals surface area (Å²) in [4.78, 5) is 10.5. The highest BCUT2D eigenvalue weighted by Crippen LogP contribution is 2.38. The van der Waals surface area contributed by atoms with Crippen LogP contribution >= 0.6 is 0 Å². The second-order valence-corrected chi connectivity index (χ2v) is 15.1. The van der Waals surface area contributed by atoms with Crippen LogP contribution in [-0.2, 0) is 0 Å². The molecule has 1 heterocycles. The third-order valence-electron chi connectivity index (χ3n) is 11.0. The number of aromatic nitrogens is 2. The van der Waals surface area contributed by atoms with Gasteiger partial charge in [0.05, 0.1) is 11.4 Å². The van der Waals surface area contributed by atoms with E-state index in [1.165, 1.54) is 33.4 Å². The molecule has 0 atom stereocenters. The lowest BCUT2D eigenvalue weighted by Gasteiger charge is -2.15. The van der Waals surface area contributed by atoms with Crippen molar-refractivity contribution in [1.82, 2.24) is 9.97 Å². The van der Waals surface area contributed by atoms with Gasteiger partial charge in [-0.3, -0.25) is 0 Å². The molecule has 0 saturated carbocycles. The van der Waals surface area contributed by atoms with Crippen molar-refractivity contribution in [2.75, 3.05) is 0 Å². The Labute approximate surface area is 351 Å². The van der Waals surface area contributed by atoms with Crippen LogP contribution in [0.15, 0.2) is 243 Å². The van der Waals surface area contributed by atoms with E-state index in [1.807, 2.05) is 12.1 Å². The van der Waals surface area contributed by atoms with E-state index in [2.05, 4.69) is 231 Å².